The van der Waals surface area contributed by atoms with Gasteiger partial charge in [-0.2, -0.15) is 11.8 Å². The number of ether oxygens (including phenoxy) is 1. The van der Waals surface area contributed by atoms with E-state index in [4.69, 9.17) is 4.74 Å². The van der Waals surface area contributed by atoms with Gasteiger partial charge in [-0.05, 0) is 56.6 Å². The van der Waals surface area contributed by atoms with E-state index in [9.17, 15) is 0 Å². The number of thioether (sulfide) groups is 1. The molecule has 1 fully saturated rings. The van der Waals surface area contributed by atoms with Gasteiger partial charge in [-0.3, -0.25) is 0 Å². The van der Waals surface area contributed by atoms with E-state index in [0.29, 0.717) is 12.1 Å². The Morgan fingerprint density at radius 3 is 2.71 bits per heavy atom. The van der Waals surface area contributed by atoms with Gasteiger partial charge in [0.05, 0.1) is 6.61 Å². The summed E-state index contributed by atoms with van der Waals surface area (Å²) in [6.07, 6.45) is 8.67. The highest BCUT2D eigenvalue weighted by Crippen LogP contribution is 2.28. The third-order valence-corrected chi connectivity index (χ3v) is 5.39. The van der Waals surface area contributed by atoms with Crippen molar-refractivity contribution in [3.05, 3.63) is 29.8 Å². The van der Waals surface area contributed by atoms with E-state index in [2.05, 4.69) is 49.7 Å². The van der Waals surface area contributed by atoms with E-state index in [-0.39, 0.29) is 0 Å². The Morgan fingerprint density at radius 2 is 2.05 bits per heavy atom. The molecule has 2 nitrogen and oxygen atoms in total. The number of rotatable bonds is 7. The lowest BCUT2D eigenvalue weighted by atomic mass is 9.93. The second-order valence-electron chi connectivity index (χ2n) is 6.03. The Kier molecular flexibility index (Phi) is 6.91. The van der Waals surface area contributed by atoms with Gasteiger partial charge in [-0.1, -0.05) is 25.5 Å². The maximum atomic E-state index is 5.65. The molecule has 0 spiro atoms. The average Bonchev–Trinajstić information content (AvgIpc) is 2.53. The topological polar surface area (TPSA) is 21.3 Å². The Hall–Kier alpha value is -0.670. The van der Waals surface area contributed by atoms with Crippen molar-refractivity contribution < 1.29 is 4.74 Å². The molecule has 2 rings (SSSR count). The van der Waals surface area contributed by atoms with Crippen LogP contribution >= 0.6 is 11.8 Å². The summed E-state index contributed by atoms with van der Waals surface area (Å²) in [5.41, 5.74) is 1.35. The highest BCUT2D eigenvalue weighted by Gasteiger charge is 2.22. The first-order valence-electron chi connectivity index (χ1n) is 8.24. The van der Waals surface area contributed by atoms with E-state index < -0.39 is 0 Å². The third kappa shape index (κ3) is 5.23. The summed E-state index contributed by atoms with van der Waals surface area (Å²) < 4.78 is 5.65. The van der Waals surface area contributed by atoms with Crippen molar-refractivity contribution in [2.45, 2.75) is 63.3 Å². The van der Waals surface area contributed by atoms with E-state index in [1.807, 2.05) is 11.8 Å². The van der Waals surface area contributed by atoms with Gasteiger partial charge in [0.2, 0.25) is 0 Å². The average molecular weight is 308 g/mol. The maximum absolute atomic E-state index is 5.65. The van der Waals surface area contributed by atoms with Crippen molar-refractivity contribution in [2.75, 3.05) is 12.9 Å². The molecule has 1 N–H and O–H groups in total. The van der Waals surface area contributed by atoms with Crippen molar-refractivity contribution in [3.8, 4) is 5.75 Å². The van der Waals surface area contributed by atoms with E-state index in [1.54, 1.807) is 0 Å². The van der Waals surface area contributed by atoms with Crippen molar-refractivity contribution in [3.63, 3.8) is 0 Å². The predicted molar refractivity (Wildman–Crippen MR) is 93.3 cm³/mol. The van der Waals surface area contributed by atoms with Crippen LogP contribution in [0.4, 0.5) is 0 Å². The second-order valence-corrected chi connectivity index (χ2v) is 7.17. The van der Waals surface area contributed by atoms with Crippen molar-refractivity contribution in [1.29, 1.82) is 0 Å². The van der Waals surface area contributed by atoms with Crippen LogP contribution in [0.15, 0.2) is 24.3 Å². The molecule has 21 heavy (non-hydrogen) atoms. The summed E-state index contributed by atoms with van der Waals surface area (Å²) in [6.45, 7) is 5.20. The second kappa shape index (κ2) is 8.70. The molecule has 0 saturated heterocycles. The maximum Gasteiger partial charge on any atom is 0.119 e. The zero-order valence-electron chi connectivity index (χ0n) is 13.6. The van der Waals surface area contributed by atoms with Gasteiger partial charge < -0.3 is 10.1 Å². The minimum Gasteiger partial charge on any atom is -0.494 e. The lowest BCUT2D eigenvalue weighted by molar-refractivity contribution is 0.317. The van der Waals surface area contributed by atoms with Crippen molar-refractivity contribution >= 4 is 11.8 Å². The molecule has 1 aromatic carbocycles. The molecule has 0 aliphatic heterocycles. The monoisotopic (exact) mass is 307 g/mol. The fraction of sp³-hybridized carbons (Fsp3) is 0.667. The highest BCUT2D eigenvalue weighted by molar-refractivity contribution is 7.99. The zero-order valence-corrected chi connectivity index (χ0v) is 14.4. The number of hydrogen-bond donors (Lipinski definition) is 1. The van der Waals surface area contributed by atoms with Gasteiger partial charge in [-0.25, -0.2) is 0 Å². The molecule has 3 heteroatoms. The Bertz CT molecular complexity index is 406. The fourth-order valence-electron chi connectivity index (χ4n) is 3.03. The minimum atomic E-state index is 0.413. The van der Waals surface area contributed by atoms with Crippen LogP contribution in [0.1, 0.15) is 57.6 Å². The SMILES string of the molecule is CCCOc1ccc(C(C)NC2CCCC(SC)C2)cc1. The first-order chi connectivity index (χ1) is 10.2. The van der Waals surface area contributed by atoms with Crippen LogP contribution in [-0.4, -0.2) is 24.2 Å². The van der Waals surface area contributed by atoms with Crippen molar-refractivity contribution in [1.82, 2.24) is 5.32 Å². The van der Waals surface area contributed by atoms with Crippen LogP contribution in [0.25, 0.3) is 0 Å². The van der Waals surface area contributed by atoms with Crippen LogP contribution < -0.4 is 10.1 Å². The van der Waals surface area contributed by atoms with Crippen LogP contribution in [0.2, 0.25) is 0 Å². The van der Waals surface area contributed by atoms with Crippen LogP contribution in [0.3, 0.4) is 0 Å². The molecule has 3 unspecified atom stereocenters. The molecule has 0 bridgehead atoms. The normalized spacial score (nSPS) is 23.8. The highest BCUT2D eigenvalue weighted by atomic mass is 32.2. The van der Waals surface area contributed by atoms with Gasteiger partial charge in [0, 0.05) is 17.3 Å². The van der Waals surface area contributed by atoms with Gasteiger partial charge in [0.15, 0.2) is 0 Å². The molecule has 0 amide bonds. The smallest absolute Gasteiger partial charge is 0.119 e. The summed E-state index contributed by atoms with van der Waals surface area (Å²) >= 11 is 2.03. The third-order valence-electron chi connectivity index (χ3n) is 4.30. The molecule has 118 valence electrons. The molecular weight excluding hydrogens is 278 g/mol. The van der Waals surface area contributed by atoms with E-state index in [1.165, 1.54) is 31.2 Å². The fourth-order valence-corrected chi connectivity index (χ4v) is 3.86. The largest absolute Gasteiger partial charge is 0.494 e. The number of nitrogens with one attached hydrogen (secondary N) is 1. The lowest BCUT2D eigenvalue weighted by Crippen LogP contribution is -2.36. The Morgan fingerprint density at radius 1 is 1.29 bits per heavy atom. The zero-order chi connectivity index (χ0) is 15.1. The van der Waals surface area contributed by atoms with E-state index >= 15 is 0 Å². The molecule has 1 saturated carbocycles. The lowest BCUT2D eigenvalue weighted by Gasteiger charge is -2.31. The number of benzene rings is 1. The molecule has 0 heterocycles. The van der Waals surface area contributed by atoms with Crippen LogP contribution in [-0.2, 0) is 0 Å². The molecule has 1 aromatic rings. The van der Waals surface area contributed by atoms with Crippen LogP contribution in [0.5, 0.6) is 5.75 Å². The first kappa shape index (κ1) is 16.7. The molecule has 0 radical (unpaired) electrons. The Labute approximate surface area is 134 Å². The molecule has 0 aromatic heterocycles. The summed E-state index contributed by atoms with van der Waals surface area (Å²) in [7, 11) is 0. The number of hydrogen-bond acceptors (Lipinski definition) is 3. The summed E-state index contributed by atoms with van der Waals surface area (Å²) in [5.74, 6) is 0.980. The molecular formula is C18H29NOS. The van der Waals surface area contributed by atoms with Gasteiger partial charge in [-0.15, -0.1) is 0 Å². The Balaban J connectivity index is 1.86. The summed E-state index contributed by atoms with van der Waals surface area (Å²) in [6, 6.07) is 9.65. The standard InChI is InChI=1S/C18H29NOS/c1-4-12-20-17-10-8-15(9-11-17)14(2)19-16-6-5-7-18(13-16)21-3/h8-11,14,16,18-19H,4-7,12-13H2,1-3H3. The van der Waals surface area contributed by atoms with Gasteiger partial charge in [0.25, 0.3) is 0 Å². The van der Waals surface area contributed by atoms with Crippen LogP contribution in [0, 0.1) is 0 Å². The molecule has 3 atom stereocenters. The molecule has 1 aliphatic rings. The molecule has 1 aliphatic carbocycles. The first-order valence-corrected chi connectivity index (χ1v) is 9.53. The summed E-state index contributed by atoms with van der Waals surface area (Å²) in [4.78, 5) is 0. The van der Waals surface area contributed by atoms with E-state index in [0.717, 1.165) is 24.0 Å². The predicted octanol–water partition coefficient (Wildman–Crippen LogP) is 4.80. The van der Waals surface area contributed by atoms with Gasteiger partial charge in [0.1, 0.15) is 5.75 Å². The van der Waals surface area contributed by atoms with Crippen molar-refractivity contribution in [2.24, 2.45) is 0 Å². The van der Waals surface area contributed by atoms with Gasteiger partial charge >= 0.3 is 0 Å². The minimum absolute atomic E-state index is 0.413. The summed E-state index contributed by atoms with van der Waals surface area (Å²) in [5, 5.41) is 4.65. The quantitative estimate of drug-likeness (QED) is 0.782.